The van der Waals surface area contributed by atoms with Crippen LogP contribution < -0.4 is 5.32 Å². The Hall–Kier alpha value is -2.15. The first-order valence-corrected chi connectivity index (χ1v) is 9.99. The average molecular weight is 349 g/mol. The van der Waals surface area contributed by atoms with Gasteiger partial charge in [-0.05, 0) is 17.9 Å². The predicted molar refractivity (Wildman–Crippen MR) is 94.7 cm³/mol. The largest absolute Gasteiger partial charge is 0.309 e. The molecule has 1 aromatic heterocycles. The van der Waals surface area contributed by atoms with Gasteiger partial charge >= 0.3 is 0 Å². The van der Waals surface area contributed by atoms with Gasteiger partial charge in [-0.15, -0.1) is 0 Å². The van der Waals surface area contributed by atoms with Crippen LogP contribution in [-0.4, -0.2) is 36.1 Å². The molecule has 0 saturated heterocycles. The highest BCUT2D eigenvalue weighted by Gasteiger charge is 2.15. The van der Waals surface area contributed by atoms with Gasteiger partial charge in [-0.25, -0.2) is 8.42 Å². The molecule has 0 radical (unpaired) electrons. The Morgan fingerprint density at radius 2 is 1.96 bits per heavy atom. The van der Waals surface area contributed by atoms with E-state index in [0.717, 1.165) is 12.0 Å². The lowest BCUT2D eigenvalue weighted by atomic mass is 9.93. The molecular formula is C17H23N3O3S. The Kier molecular flexibility index (Phi) is 6.14. The van der Waals surface area contributed by atoms with Crippen LogP contribution >= 0.6 is 0 Å². The molecule has 1 atom stereocenters. The van der Waals surface area contributed by atoms with Crippen LogP contribution in [0.2, 0.25) is 0 Å². The van der Waals surface area contributed by atoms with Crippen molar-refractivity contribution in [1.29, 1.82) is 0 Å². The number of hydrogen-bond donors (Lipinski definition) is 1. The highest BCUT2D eigenvalue weighted by Crippen LogP contribution is 2.23. The number of hydrogen-bond acceptors (Lipinski definition) is 4. The maximum absolute atomic E-state index is 12.2. The summed E-state index contributed by atoms with van der Waals surface area (Å²) in [6, 6.07) is 11.6. The minimum Gasteiger partial charge on any atom is -0.309 e. The van der Waals surface area contributed by atoms with Crippen LogP contribution in [0.1, 0.15) is 31.2 Å². The smallest absolute Gasteiger partial charge is 0.226 e. The molecule has 0 aliphatic carbocycles. The van der Waals surface area contributed by atoms with Gasteiger partial charge in [-0.3, -0.25) is 9.48 Å². The zero-order valence-electron chi connectivity index (χ0n) is 14.0. The molecule has 0 aliphatic heterocycles. The van der Waals surface area contributed by atoms with E-state index in [2.05, 4.69) is 17.3 Å². The topological polar surface area (TPSA) is 81.1 Å². The zero-order valence-corrected chi connectivity index (χ0v) is 14.8. The maximum Gasteiger partial charge on any atom is 0.226 e. The molecule has 24 heavy (non-hydrogen) atoms. The van der Waals surface area contributed by atoms with Gasteiger partial charge in [0.25, 0.3) is 0 Å². The van der Waals surface area contributed by atoms with Crippen LogP contribution in [0.3, 0.4) is 0 Å². The van der Waals surface area contributed by atoms with Gasteiger partial charge in [-0.1, -0.05) is 37.3 Å². The van der Waals surface area contributed by atoms with E-state index in [-0.39, 0.29) is 24.1 Å². The van der Waals surface area contributed by atoms with Crippen LogP contribution in [0.4, 0.5) is 5.82 Å². The van der Waals surface area contributed by atoms with E-state index in [9.17, 15) is 13.2 Å². The van der Waals surface area contributed by atoms with Crippen LogP contribution in [-0.2, 0) is 21.2 Å². The van der Waals surface area contributed by atoms with Crippen molar-refractivity contribution in [2.24, 2.45) is 0 Å². The van der Waals surface area contributed by atoms with Gasteiger partial charge in [0.1, 0.15) is 9.84 Å². The van der Waals surface area contributed by atoms with Gasteiger partial charge in [0.05, 0.1) is 12.3 Å². The highest BCUT2D eigenvalue weighted by molar-refractivity contribution is 7.90. The Morgan fingerprint density at radius 3 is 2.58 bits per heavy atom. The first-order chi connectivity index (χ1) is 11.4. The van der Waals surface area contributed by atoms with E-state index in [1.165, 1.54) is 10.9 Å². The van der Waals surface area contributed by atoms with Crippen molar-refractivity contribution in [2.45, 2.75) is 32.2 Å². The van der Waals surface area contributed by atoms with Gasteiger partial charge < -0.3 is 5.32 Å². The summed E-state index contributed by atoms with van der Waals surface area (Å²) in [5.41, 5.74) is 1.15. The number of nitrogens with zero attached hydrogens (tertiary/aromatic N) is 2. The fourth-order valence-corrected chi connectivity index (χ4v) is 2.97. The third kappa shape index (κ3) is 5.81. The van der Waals surface area contributed by atoms with E-state index in [1.54, 1.807) is 12.3 Å². The summed E-state index contributed by atoms with van der Waals surface area (Å²) < 4.78 is 23.9. The van der Waals surface area contributed by atoms with Crippen molar-refractivity contribution in [3.05, 3.63) is 48.2 Å². The third-order valence-electron chi connectivity index (χ3n) is 3.79. The average Bonchev–Trinajstić information content (AvgIpc) is 2.98. The van der Waals surface area contributed by atoms with Crippen molar-refractivity contribution in [3.8, 4) is 0 Å². The highest BCUT2D eigenvalue weighted by atomic mass is 32.2. The summed E-state index contributed by atoms with van der Waals surface area (Å²) in [4.78, 5) is 12.2. The number of sulfone groups is 1. The fraction of sp³-hybridized carbons (Fsp3) is 0.412. The molecule has 1 aromatic carbocycles. The summed E-state index contributed by atoms with van der Waals surface area (Å²) in [5.74, 6) is 0.530. The number of aromatic nitrogens is 2. The number of amides is 1. The number of carbonyl (C=O) groups is 1. The lowest BCUT2D eigenvalue weighted by Crippen LogP contribution is -2.16. The van der Waals surface area contributed by atoms with Crippen LogP contribution in [0.5, 0.6) is 0 Å². The van der Waals surface area contributed by atoms with Crippen molar-refractivity contribution in [1.82, 2.24) is 9.78 Å². The molecule has 2 rings (SSSR count). The van der Waals surface area contributed by atoms with Gasteiger partial charge in [0, 0.05) is 24.9 Å². The molecule has 0 unspecified atom stereocenters. The SMILES string of the molecule is CC[C@H](CC(=O)Nc1ccn(CCS(C)(=O)=O)n1)c1ccccc1. The minimum absolute atomic E-state index is 0.0218. The molecule has 6 nitrogen and oxygen atoms in total. The summed E-state index contributed by atoms with van der Waals surface area (Å²) in [7, 11) is -3.03. The first-order valence-electron chi connectivity index (χ1n) is 7.93. The maximum atomic E-state index is 12.2. The molecule has 130 valence electrons. The molecule has 1 amide bonds. The minimum atomic E-state index is -3.03. The first kappa shape index (κ1) is 18.2. The number of anilines is 1. The van der Waals surface area contributed by atoms with E-state index < -0.39 is 9.84 Å². The van der Waals surface area contributed by atoms with Gasteiger partial charge in [0.2, 0.25) is 5.91 Å². The molecule has 0 aliphatic rings. The number of benzene rings is 1. The zero-order chi connectivity index (χ0) is 17.6. The second-order valence-corrected chi connectivity index (χ2v) is 8.12. The molecule has 1 N–H and O–H groups in total. The van der Waals surface area contributed by atoms with E-state index in [0.29, 0.717) is 12.2 Å². The lowest BCUT2D eigenvalue weighted by Gasteiger charge is -2.14. The Morgan fingerprint density at radius 1 is 1.25 bits per heavy atom. The van der Waals surface area contributed by atoms with Crippen molar-refractivity contribution >= 4 is 21.6 Å². The molecule has 2 aromatic rings. The third-order valence-corrected chi connectivity index (χ3v) is 4.72. The Balaban J connectivity index is 1.91. The Labute approximate surface area is 142 Å². The number of carbonyl (C=O) groups excluding carboxylic acids is 1. The van der Waals surface area contributed by atoms with Crippen LogP contribution in [0.25, 0.3) is 0 Å². The standard InChI is InChI=1S/C17H23N3O3S/c1-3-14(15-7-5-4-6-8-15)13-17(21)18-16-9-10-20(19-16)11-12-24(2,22)23/h4-10,14H,3,11-13H2,1-2H3,(H,18,19,21)/t14-/m1/s1. The quantitative estimate of drug-likeness (QED) is 0.794. The normalized spacial score (nSPS) is 12.8. The van der Waals surface area contributed by atoms with Crippen LogP contribution in [0, 0.1) is 0 Å². The van der Waals surface area contributed by atoms with Crippen LogP contribution in [0.15, 0.2) is 42.6 Å². The van der Waals surface area contributed by atoms with Crippen molar-refractivity contribution in [3.63, 3.8) is 0 Å². The summed E-state index contributed by atoms with van der Waals surface area (Å²) >= 11 is 0. The predicted octanol–water partition coefficient (Wildman–Crippen LogP) is 2.45. The number of nitrogens with one attached hydrogen (secondary N) is 1. The van der Waals surface area contributed by atoms with Crippen molar-refractivity contribution < 1.29 is 13.2 Å². The lowest BCUT2D eigenvalue weighted by molar-refractivity contribution is -0.116. The molecular weight excluding hydrogens is 326 g/mol. The van der Waals surface area contributed by atoms with E-state index >= 15 is 0 Å². The van der Waals surface area contributed by atoms with Gasteiger partial charge in [-0.2, -0.15) is 5.10 Å². The number of aryl methyl sites for hydroxylation is 1. The molecule has 0 bridgehead atoms. The summed E-state index contributed by atoms with van der Waals surface area (Å²) in [6.45, 7) is 2.33. The second-order valence-electron chi connectivity index (χ2n) is 5.86. The molecule has 0 fully saturated rings. The monoisotopic (exact) mass is 349 g/mol. The molecule has 0 saturated carbocycles. The summed E-state index contributed by atoms with van der Waals surface area (Å²) in [5, 5.41) is 6.95. The second kappa shape index (κ2) is 8.10. The van der Waals surface area contributed by atoms with Gasteiger partial charge in [0.15, 0.2) is 5.82 Å². The Bertz CT molecular complexity index is 769. The van der Waals surface area contributed by atoms with E-state index in [4.69, 9.17) is 0 Å². The summed E-state index contributed by atoms with van der Waals surface area (Å²) in [6.07, 6.45) is 4.11. The molecule has 7 heteroatoms. The van der Waals surface area contributed by atoms with Crippen molar-refractivity contribution in [2.75, 3.05) is 17.3 Å². The number of rotatable bonds is 8. The molecule has 0 spiro atoms. The van der Waals surface area contributed by atoms with E-state index in [1.807, 2.05) is 30.3 Å². The fourth-order valence-electron chi connectivity index (χ4n) is 2.45. The molecule has 1 heterocycles.